The van der Waals surface area contributed by atoms with Crippen molar-refractivity contribution in [1.29, 1.82) is 0 Å². The van der Waals surface area contributed by atoms with E-state index in [0.717, 1.165) is 16.7 Å². The zero-order valence-electron chi connectivity index (χ0n) is 17.4. The second-order valence-corrected chi connectivity index (χ2v) is 9.37. The molecule has 0 aromatic heterocycles. The first-order valence-corrected chi connectivity index (χ1v) is 11.2. The van der Waals surface area contributed by atoms with Crippen molar-refractivity contribution in [3.05, 3.63) is 101 Å². The third kappa shape index (κ3) is 4.96. The number of benzene rings is 3. The quantitative estimate of drug-likeness (QED) is 0.617. The molecular weight excluding hydrogens is 396 g/mol. The fraction of sp³-hybridized carbons (Fsp3) is 0.208. The normalized spacial score (nSPS) is 12.5. The van der Waals surface area contributed by atoms with Crippen LogP contribution in [0.25, 0.3) is 0 Å². The van der Waals surface area contributed by atoms with E-state index in [1.807, 2.05) is 38.1 Å². The lowest BCUT2D eigenvalue weighted by atomic mass is 10.0. The Kier molecular flexibility index (Phi) is 6.70. The van der Waals surface area contributed by atoms with E-state index in [1.54, 1.807) is 61.6 Å². The first-order chi connectivity index (χ1) is 14.3. The summed E-state index contributed by atoms with van der Waals surface area (Å²) in [4.78, 5) is 12.9. The number of aryl methyl sites for hydroxylation is 1. The first kappa shape index (κ1) is 21.7. The molecule has 0 saturated carbocycles. The SMILES string of the molecule is Cc1ccccc1[C@H](C)NC(=O)c1ccc(CN(C)S(=O)(=O)c2ccccc2)cc1. The second kappa shape index (κ2) is 9.24. The molecule has 30 heavy (non-hydrogen) atoms. The van der Waals surface area contributed by atoms with Gasteiger partial charge in [-0.3, -0.25) is 4.79 Å². The molecule has 156 valence electrons. The van der Waals surface area contributed by atoms with E-state index >= 15 is 0 Å². The highest BCUT2D eigenvalue weighted by molar-refractivity contribution is 7.89. The van der Waals surface area contributed by atoms with Gasteiger partial charge in [-0.2, -0.15) is 4.31 Å². The van der Waals surface area contributed by atoms with E-state index in [9.17, 15) is 13.2 Å². The van der Waals surface area contributed by atoms with E-state index in [4.69, 9.17) is 0 Å². The molecule has 5 nitrogen and oxygen atoms in total. The highest BCUT2D eigenvalue weighted by Gasteiger charge is 2.20. The molecule has 0 fully saturated rings. The van der Waals surface area contributed by atoms with Crippen molar-refractivity contribution in [2.45, 2.75) is 31.3 Å². The van der Waals surface area contributed by atoms with E-state index < -0.39 is 10.0 Å². The molecule has 0 aliphatic rings. The van der Waals surface area contributed by atoms with Crippen LogP contribution in [0.4, 0.5) is 0 Å². The summed E-state index contributed by atoms with van der Waals surface area (Å²) in [5.41, 5.74) is 3.55. The van der Waals surface area contributed by atoms with E-state index in [2.05, 4.69) is 5.32 Å². The minimum absolute atomic E-state index is 0.111. The summed E-state index contributed by atoms with van der Waals surface area (Å²) in [6, 6.07) is 23.2. The Morgan fingerprint density at radius 2 is 1.53 bits per heavy atom. The Bertz CT molecular complexity index is 1110. The van der Waals surface area contributed by atoms with Crippen molar-refractivity contribution in [1.82, 2.24) is 9.62 Å². The number of hydrogen-bond donors (Lipinski definition) is 1. The summed E-state index contributed by atoms with van der Waals surface area (Å²) in [6.45, 7) is 4.20. The van der Waals surface area contributed by atoms with Crippen molar-refractivity contribution in [2.75, 3.05) is 7.05 Å². The van der Waals surface area contributed by atoms with Gasteiger partial charge in [-0.1, -0.05) is 54.6 Å². The molecule has 1 amide bonds. The largest absolute Gasteiger partial charge is 0.346 e. The summed E-state index contributed by atoms with van der Waals surface area (Å²) in [5, 5.41) is 3.01. The van der Waals surface area contributed by atoms with Crippen LogP contribution in [0, 0.1) is 6.92 Å². The maximum atomic E-state index is 12.7. The number of nitrogens with zero attached hydrogens (tertiary/aromatic N) is 1. The molecule has 0 saturated heterocycles. The van der Waals surface area contributed by atoms with Crippen molar-refractivity contribution in [2.24, 2.45) is 0 Å². The predicted octanol–water partition coefficient (Wildman–Crippen LogP) is 4.31. The smallest absolute Gasteiger partial charge is 0.251 e. The van der Waals surface area contributed by atoms with Crippen LogP contribution < -0.4 is 5.32 Å². The Balaban J connectivity index is 1.66. The van der Waals surface area contributed by atoms with Crippen molar-refractivity contribution < 1.29 is 13.2 Å². The van der Waals surface area contributed by atoms with Crippen LogP contribution in [-0.4, -0.2) is 25.7 Å². The lowest BCUT2D eigenvalue weighted by Crippen LogP contribution is -2.27. The highest BCUT2D eigenvalue weighted by Crippen LogP contribution is 2.19. The number of carbonyl (C=O) groups excluding carboxylic acids is 1. The van der Waals surface area contributed by atoms with Gasteiger partial charge in [0.15, 0.2) is 0 Å². The number of hydrogen-bond acceptors (Lipinski definition) is 3. The zero-order valence-corrected chi connectivity index (χ0v) is 18.2. The molecular formula is C24H26N2O3S. The molecule has 0 radical (unpaired) electrons. The fourth-order valence-corrected chi connectivity index (χ4v) is 4.49. The van der Waals surface area contributed by atoms with Crippen LogP contribution in [0.2, 0.25) is 0 Å². The molecule has 0 spiro atoms. The molecule has 0 aliphatic carbocycles. The average Bonchev–Trinajstić information content (AvgIpc) is 2.75. The summed E-state index contributed by atoms with van der Waals surface area (Å²) in [5.74, 6) is -0.164. The van der Waals surface area contributed by atoms with Gasteiger partial charge >= 0.3 is 0 Å². The highest BCUT2D eigenvalue weighted by atomic mass is 32.2. The maximum Gasteiger partial charge on any atom is 0.251 e. The van der Waals surface area contributed by atoms with Gasteiger partial charge in [-0.05, 0) is 54.8 Å². The van der Waals surface area contributed by atoms with Crippen molar-refractivity contribution in [3.8, 4) is 0 Å². The Morgan fingerprint density at radius 1 is 0.933 bits per heavy atom. The van der Waals surface area contributed by atoms with Crippen LogP contribution in [-0.2, 0) is 16.6 Å². The molecule has 3 aromatic rings. The van der Waals surface area contributed by atoms with Gasteiger partial charge in [0.25, 0.3) is 5.91 Å². The molecule has 0 bridgehead atoms. The maximum absolute atomic E-state index is 12.7. The molecule has 0 aliphatic heterocycles. The van der Waals surface area contributed by atoms with Crippen molar-refractivity contribution >= 4 is 15.9 Å². The number of rotatable bonds is 7. The van der Waals surface area contributed by atoms with Crippen LogP contribution in [0.1, 0.15) is 40.0 Å². The molecule has 1 N–H and O–H groups in total. The standard InChI is InChI=1S/C24H26N2O3S/c1-18-9-7-8-12-23(18)19(2)25-24(27)21-15-13-20(14-16-21)17-26(3)30(28,29)22-10-5-4-6-11-22/h4-16,19H,17H2,1-3H3,(H,25,27)/t19-/m0/s1. The zero-order chi connectivity index (χ0) is 21.7. The molecule has 0 unspecified atom stereocenters. The molecule has 3 rings (SSSR count). The molecule has 6 heteroatoms. The lowest BCUT2D eigenvalue weighted by molar-refractivity contribution is 0.0940. The van der Waals surface area contributed by atoms with Gasteiger partial charge in [0.2, 0.25) is 10.0 Å². The number of sulfonamides is 1. The third-order valence-electron chi connectivity index (χ3n) is 5.08. The third-order valence-corrected chi connectivity index (χ3v) is 6.89. The Morgan fingerprint density at radius 3 is 2.17 bits per heavy atom. The summed E-state index contributed by atoms with van der Waals surface area (Å²) in [6.07, 6.45) is 0. The van der Waals surface area contributed by atoms with E-state index in [1.165, 1.54) is 4.31 Å². The summed E-state index contributed by atoms with van der Waals surface area (Å²) in [7, 11) is -2.01. The van der Waals surface area contributed by atoms with Gasteiger partial charge in [-0.15, -0.1) is 0 Å². The first-order valence-electron chi connectivity index (χ1n) is 9.76. The van der Waals surface area contributed by atoms with Gasteiger partial charge in [-0.25, -0.2) is 8.42 Å². The summed E-state index contributed by atoms with van der Waals surface area (Å²) < 4.78 is 26.6. The fourth-order valence-electron chi connectivity index (χ4n) is 3.31. The van der Waals surface area contributed by atoms with Gasteiger partial charge in [0.1, 0.15) is 0 Å². The molecule has 3 aromatic carbocycles. The van der Waals surface area contributed by atoms with Gasteiger partial charge in [0, 0.05) is 19.2 Å². The lowest BCUT2D eigenvalue weighted by Gasteiger charge is -2.18. The monoisotopic (exact) mass is 422 g/mol. The molecule has 1 atom stereocenters. The number of carbonyl (C=O) groups is 1. The predicted molar refractivity (Wildman–Crippen MR) is 119 cm³/mol. The second-order valence-electron chi connectivity index (χ2n) is 7.32. The average molecular weight is 423 g/mol. The molecule has 0 heterocycles. The van der Waals surface area contributed by atoms with Crippen LogP contribution >= 0.6 is 0 Å². The van der Waals surface area contributed by atoms with Gasteiger partial charge < -0.3 is 5.32 Å². The van der Waals surface area contributed by atoms with Crippen LogP contribution in [0.15, 0.2) is 83.8 Å². The minimum Gasteiger partial charge on any atom is -0.346 e. The van der Waals surface area contributed by atoms with Crippen LogP contribution in [0.3, 0.4) is 0 Å². The summed E-state index contributed by atoms with van der Waals surface area (Å²) >= 11 is 0. The van der Waals surface area contributed by atoms with E-state index in [0.29, 0.717) is 5.56 Å². The number of amides is 1. The van der Waals surface area contributed by atoms with Crippen molar-refractivity contribution in [3.63, 3.8) is 0 Å². The number of nitrogens with one attached hydrogen (secondary N) is 1. The Labute approximate surface area is 178 Å². The topological polar surface area (TPSA) is 66.5 Å². The van der Waals surface area contributed by atoms with Gasteiger partial charge in [0.05, 0.1) is 10.9 Å². The van der Waals surface area contributed by atoms with E-state index in [-0.39, 0.29) is 23.4 Å². The Hall–Kier alpha value is -2.96. The van der Waals surface area contributed by atoms with Crippen LogP contribution in [0.5, 0.6) is 0 Å². The minimum atomic E-state index is -3.56.